The fourth-order valence-electron chi connectivity index (χ4n) is 5.87. The second kappa shape index (κ2) is 15.1. The molecule has 17 heteroatoms. The number of hydrogen-bond donors (Lipinski definition) is 5. The van der Waals surface area contributed by atoms with Crippen LogP contribution in [-0.4, -0.2) is 70.9 Å². The lowest BCUT2D eigenvalue weighted by Crippen LogP contribution is -2.48. The zero-order chi connectivity index (χ0) is 36.1. The molecule has 0 unspecified atom stereocenters. The average Bonchev–Trinajstić information content (AvgIpc) is 3.62. The molecule has 5 rings (SSSR count). The highest BCUT2D eigenvalue weighted by molar-refractivity contribution is 7.90. The minimum absolute atomic E-state index is 0.00974. The Bertz CT molecular complexity index is 1930. The van der Waals surface area contributed by atoms with Crippen LogP contribution in [0.15, 0.2) is 71.6 Å². The number of carboxylic acid groups (broad SMARTS) is 1. The summed E-state index contributed by atoms with van der Waals surface area (Å²) in [4.78, 5) is 37.4. The van der Waals surface area contributed by atoms with Crippen LogP contribution < -0.4 is 16.0 Å². The molecular formula is C33H34F3N7O6S. The quantitative estimate of drug-likeness (QED) is 0.146. The van der Waals surface area contributed by atoms with Gasteiger partial charge in [-0.25, -0.2) is 13.2 Å². The summed E-state index contributed by atoms with van der Waals surface area (Å²) in [5, 5.41) is 30.6. The molecule has 3 aromatic carbocycles. The lowest BCUT2D eigenvalue weighted by Gasteiger charge is -2.29. The summed E-state index contributed by atoms with van der Waals surface area (Å²) in [6.07, 6.45) is -2.80. The Kier molecular flexibility index (Phi) is 10.8. The molecule has 1 heterocycles. The Labute approximate surface area is 285 Å². The van der Waals surface area contributed by atoms with Crippen molar-refractivity contribution in [2.75, 3.05) is 18.1 Å². The van der Waals surface area contributed by atoms with Gasteiger partial charge in [0.1, 0.15) is 6.04 Å². The molecule has 3 amide bonds. The van der Waals surface area contributed by atoms with Crippen molar-refractivity contribution in [3.8, 4) is 22.5 Å². The lowest BCUT2D eigenvalue weighted by molar-refractivity contribution is -0.137. The number of aromatic amines is 1. The number of nitrogens with zero attached hydrogens (tertiary/aromatic N) is 3. The second-order valence-corrected chi connectivity index (χ2v) is 14.2. The van der Waals surface area contributed by atoms with E-state index in [0.29, 0.717) is 60.9 Å². The molecule has 4 aromatic rings. The number of rotatable bonds is 11. The van der Waals surface area contributed by atoms with Crippen molar-refractivity contribution in [1.82, 2.24) is 31.3 Å². The lowest BCUT2D eigenvalue weighted by atomic mass is 9.81. The number of benzene rings is 3. The molecule has 1 aliphatic rings. The first-order valence-corrected chi connectivity index (χ1v) is 17.5. The standard InChI is InChI=1S/C33H34F3N7O6S/c1-50(48,49)25-14-15-26(27(17-25)33(34,35)36)21-6-2-19(3-7-21)16-28(39-30(44)23-8-4-20(5-9-23)18-37-32(46)47)31(45)38-24-12-10-22(11-13-24)29-40-42-43-41-29/h2-3,6-7,10-15,17,20,23,28,37H,4-5,8-9,16,18H2,1H3,(H,38,45)(H,39,44)(H,46,47)(H,40,41,42,43)/t20?,23?,28-/m0/s1. The third-order valence-corrected chi connectivity index (χ3v) is 9.69. The highest BCUT2D eigenvalue weighted by Crippen LogP contribution is 2.38. The molecule has 0 saturated heterocycles. The molecule has 1 saturated carbocycles. The van der Waals surface area contributed by atoms with E-state index in [0.717, 1.165) is 18.4 Å². The number of aromatic nitrogens is 4. The maximum absolute atomic E-state index is 14.0. The van der Waals surface area contributed by atoms with Gasteiger partial charge in [0.15, 0.2) is 9.84 Å². The Balaban J connectivity index is 1.34. The van der Waals surface area contributed by atoms with Gasteiger partial charge in [0.2, 0.25) is 17.6 Å². The molecule has 0 spiro atoms. The molecule has 264 valence electrons. The SMILES string of the molecule is CS(=O)(=O)c1ccc(-c2ccc(C[C@H](NC(=O)C3CCC(CNC(=O)O)CC3)C(=O)Nc3ccc(-c4nn[nH]n4)cc3)cc2)c(C(F)(F)F)c1. The number of hydrogen-bond acceptors (Lipinski definition) is 8. The summed E-state index contributed by atoms with van der Waals surface area (Å²) in [6, 6.07) is 14.4. The summed E-state index contributed by atoms with van der Waals surface area (Å²) in [5.41, 5.74) is 0.499. The summed E-state index contributed by atoms with van der Waals surface area (Å²) >= 11 is 0. The van der Waals surface area contributed by atoms with Gasteiger partial charge in [-0.05, 0) is 89.9 Å². The van der Waals surface area contributed by atoms with E-state index in [-0.39, 0.29) is 29.4 Å². The molecule has 1 aliphatic carbocycles. The van der Waals surface area contributed by atoms with Gasteiger partial charge >= 0.3 is 12.3 Å². The average molecular weight is 714 g/mol. The number of halogens is 3. The van der Waals surface area contributed by atoms with Crippen LogP contribution in [0.3, 0.4) is 0 Å². The Morgan fingerprint density at radius 3 is 2.20 bits per heavy atom. The van der Waals surface area contributed by atoms with Gasteiger partial charge < -0.3 is 21.1 Å². The molecular weight excluding hydrogens is 679 g/mol. The monoisotopic (exact) mass is 713 g/mol. The van der Waals surface area contributed by atoms with Crippen LogP contribution in [0.4, 0.5) is 23.7 Å². The van der Waals surface area contributed by atoms with E-state index >= 15 is 0 Å². The number of sulfone groups is 1. The number of alkyl halides is 3. The zero-order valence-corrected chi connectivity index (χ0v) is 27.5. The van der Waals surface area contributed by atoms with E-state index in [1.165, 1.54) is 12.1 Å². The fraction of sp³-hybridized carbons (Fsp3) is 0.333. The van der Waals surface area contributed by atoms with Gasteiger partial charge in [-0.15, -0.1) is 10.2 Å². The van der Waals surface area contributed by atoms with Crippen LogP contribution in [0.5, 0.6) is 0 Å². The Morgan fingerprint density at radius 2 is 1.62 bits per heavy atom. The summed E-state index contributed by atoms with van der Waals surface area (Å²) < 4.78 is 65.7. The molecule has 0 radical (unpaired) electrons. The number of carbonyl (C=O) groups is 3. The smallest absolute Gasteiger partial charge is 0.417 e. The topological polar surface area (TPSA) is 196 Å². The molecule has 1 atom stereocenters. The number of amides is 3. The van der Waals surface area contributed by atoms with Gasteiger partial charge in [0.05, 0.1) is 10.5 Å². The van der Waals surface area contributed by atoms with Gasteiger partial charge in [-0.3, -0.25) is 9.59 Å². The highest BCUT2D eigenvalue weighted by atomic mass is 32.2. The first kappa shape index (κ1) is 36.0. The van der Waals surface area contributed by atoms with Crippen LogP contribution in [0.2, 0.25) is 0 Å². The van der Waals surface area contributed by atoms with Crippen LogP contribution in [0.1, 0.15) is 36.8 Å². The van der Waals surface area contributed by atoms with Gasteiger partial charge in [-0.2, -0.15) is 18.4 Å². The second-order valence-electron chi connectivity index (χ2n) is 12.1. The largest absolute Gasteiger partial charge is 0.465 e. The highest BCUT2D eigenvalue weighted by Gasteiger charge is 2.35. The fourth-order valence-corrected chi connectivity index (χ4v) is 6.52. The Hall–Kier alpha value is -5.32. The molecule has 13 nitrogen and oxygen atoms in total. The number of nitrogens with one attached hydrogen (secondary N) is 4. The van der Waals surface area contributed by atoms with Gasteiger partial charge in [-0.1, -0.05) is 30.3 Å². The number of tetrazole rings is 1. The molecule has 1 fully saturated rings. The van der Waals surface area contributed by atoms with Crippen molar-refractivity contribution in [3.05, 3.63) is 77.9 Å². The van der Waals surface area contributed by atoms with Crippen molar-refractivity contribution in [3.63, 3.8) is 0 Å². The number of carbonyl (C=O) groups excluding carboxylic acids is 2. The van der Waals surface area contributed by atoms with Crippen molar-refractivity contribution < 1.29 is 41.1 Å². The number of anilines is 1. The van der Waals surface area contributed by atoms with Crippen molar-refractivity contribution >= 4 is 33.4 Å². The predicted molar refractivity (Wildman–Crippen MR) is 175 cm³/mol. The molecule has 0 bridgehead atoms. The first-order chi connectivity index (χ1) is 23.7. The first-order valence-electron chi connectivity index (χ1n) is 15.6. The minimum Gasteiger partial charge on any atom is -0.465 e. The third-order valence-electron chi connectivity index (χ3n) is 8.58. The predicted octanol–water partition coefficient (Wildman–Crippen LogP) is 4.70. The minimum atomic E-state index is -4.82. The van der Waals surface area contributed by atoms with Crippen LogP contribution in [0, 0.1) is 11.8 Å². The van der Waals surface area contributed by atoms with Crippen molar-refractivity contribution in [1.29, 1.82) is 0 Å². The summed E-state index contributed by atoms with van der Waals surface area (Å²) in [7, 11) is -3.88. The molecule has 50 heavy (non-hydrogen) atoms. The van der Waals surface area contributed by atoms with Gasteiger partial charge in [0.25, 0.3) is 0 Å². The van der Waals surface area contributed by atoms with E-state index in [4.69, 9.17) is 5.11 Å². The molecule has 1 aromatic heterocycles. The van der Waals surface area contributed by atoms with Crippen LogP contribution in [-0.2, 0) is 32.0 Å². The zero-order valence-electron chi connectivity index (χ0n) is 26.7. The molecule has 5 N–H and O–H groups in total. The van der Waals surface area contributed by atoms with E-state index in [1.54, 1.807) is 36.4 Å². The van der Waals surface area contributed by atoms with Crippen molar-refractivity contribution in [2.24, 2.45) is 11.8 Å². The van der Waals surface area contributed by atoms with Crippen LogP contribution in [0.25, 0.3) is 22.5 Å². The Morgan fingerprint density at radius 1 is 0.960 bits per heavy atom. The van der Waals surface area contributed by atoms with E-state index in [9.17, 15) is 36.0 Å². The van der Waals surface area contributed by atoms with E-state index in [1.807, 2.05) is 0 Å². The third kappa shape index (κ3) is 9.22. The maximum atomic E-state index is 14.0. The normalized spacial score (nSPS) is 17.0. The van der Waals surface area contributed by atoms with E-state index in [2.05, 4.69) is 36.6 Å². The van der Waals surface area contributed by atoms with Gasteiger partial charge in [0, 0.05) is 36.4 Å². The van der Waals surface area contributed by atoms with Crippen molar-refractivity contribution in [2.45, 2.75) is 49.2 Å². The molecule has 0 aliphatic heterocycles. The summed E-state index contributed by atoms with van der Waals surface area (Å²) in [5.74, 6) is -0.787. The number of H-pyrrole nitrogens is 1. The van der Waals surface area contributed by atoms with E-state index < -0.39 is 50.4 Å². The van der Waals surface area contributed by atoms with Crippen LogP contribution >= 0.6 is 0 Å². The maximum Gasteiger partial charge on any atom is 0.417 e. The summed E-state index contributed by atoms with van der Waals surface area (Å²) in [6.45, 7) is 0.294.